The molecule has 0 amide bonds. The smallest absolute Gasteiger partial charge is 0.174 e. The number of benzene rings is 1. The number of rotatable bonds is 6. The molecule has 1 aromatic rings. The van der Waals surface area contributed by atoms with E-state index in [0.29, 0.717) is 5.66 Å². The molecule has 1 rings (SSSR count). The summed E-state index contributed by atoms with van der Waals surface area (Å²) >= 11 is 0. The van der Waals surface area contributed by atoms with Crippen LogP contribution in [-0.4, -0.2) is 20.1 Å². The Morgan fingerprint density at radius 1 is 1.16 bits per heavy atom. The number of hydrogen-bond donors (Lipinski definition) is 0. The highest BCUT2D eigenvalue weighted by atomic mass is 31.2. The molecular weight excluding hydrogens is 269 g/mol. The van der Waals surface area contributed by atoms with Gasteiger partial charge in [0.05, 0.1) is 0 Å². The van der Waals surface area contributed by atoms with E-state index in [1.807, 2.05) is 30.3 Å². The first-order valence-electron chi connectivity index (χ1n) is 7.16. The fourth-order valence-electron chi connectivity index (χ4n) is 2.09. The van der Waals surface area contributed by atoms with Crippen molar-refractivity contribution in [3.63, 3.8) is 0 Å². The van der Waals surface area contributed by atoms with Crippen LogP contribution in [0.25, 0.3) is 0 Å². The van der Waals surface area contributed by atoms with E-state index in [4.69, 9.17) is 8.93 Å². The Morgan fingerprint density at radius 2 is 1.74 bits per heavy atom. The molecule has 0 aliphatic rings. The largest absolute Gasteiger partial charge is 0.461 e. The second-order valence-electron chi connectivity index (χ2n) is 6.25. The van der Waals surface area contributed by atoms with Gasteiger partial charge in [-0.2, -0.15) is 0 Å². The molecule has 0 radical (unpaired) electrons. The van der Waals surface area contributed by atoms with Crippen molar-refractivity contribution in [2.75, 3.05) is 6.16 Å². The molecule has 1 unspecified atom stereocenters. The fraction of sp³-hybridized carbons (Fsp3) is 0.600. The van der Waals surface area contributed by atoms with E-state index in [2.05, 4.69) is 40.4 Å². The lowest BCUT2D eigenvalue weighted by atomic mass is 10.3. The van der Waals surface area contributed by atoms with Crippen LogP contribution in [0.4, 0.5) is 0 Å². The number of hydrogen-bond acceptors (Lipinski definition) is 2. The molecule has 108 valence electrons. The lowest BCUT2D eigenvalue weighted by molar-refractivity contribution is 0.589. The van der Waals surface area contributed by atoms with Crippen LogP contribution in [0.5, 0.6) is 5.75 Å². The van der Waals surface area contributed by atoms with Crippen molar-refractivity contribution in [3.05, 3.63) is 30.3 Å². The second-order valence-corrected chi connectivity index (χ2v) is 14.6. The van der Waals surface area contributed by atoms with E-state index < -0.39 is 15.5 Å². The van der Waals surface area contributed by atoms with Crippen molar-refractivity contribution in [2.45, 2.75) is 52.5 Å². The zero-order valence-electron chi connectivity index (χ0n) is 13.2. The lowest BCUT2D eigenvalue weighted by Gasteiger charge is -2.32. The SMILES string of the molecule is CCCP(=N[Si](C)(C)C)(Oc1ccccc1)C(C)C. The minimum atomic E-state index is -1.72. The molecule has 0 aliphatic carbocycles. The summed E-state index contributed by atoms with van der Waals surface area (Å²) in [7, 11) is -3.22. The van der Waals surface area contributed by atoms with Gasteiger partial charge in [0, 0.05) is 11.8 Å². The van der Waals surface area contributed by atoms with Gasteiger partial charge in [0.1, 0.15) is 13.0 Å². The van der Waals surface area contributed by atoms with Gasteiger partial charge in [0.2, 0.25) is 0 Å². The molecular formula is C15H28NOPSi. The molecule has 2 nitrogen and oxygen atoms in total. The number of nitrogens with zero attached hydrogens (tertiary/aromatic N) is 1. The predicted molar refractivity (Wildman–Crippen MR) is 90.1 cm³/mol. The van der Waals surface area contributed by atoms with Crippen molar-refractivity contribution >= 4 is 15.5 Å². The minimum absolute atomic E-state index is 0.486. The molecule has 4 heteroatoms. The summed E-state index contributed by atoms with van der Waals surface area (Å²) in [5.74, 6) is 0.972. The van der Waals surface area contributed by atoms with E-state index >= 15 is 0 Å². The summed E-state index contributed by atoms with van der Waals surface area (Å²) in [5, 5.41) is 0. The van der Waals surface area contributed by atoms with Crippen LogP contribution in [-0.2, 0) is 0 Å². The Morgan fingerprint density at radius 3 is 2.16 bits per heavy atom. The average molecular weight is 297 g/mol. The first kappa shape index (κ1) is 16.5. The highest BCUT2D eigenvalue weighted by Gasteiger charge is 2.29. The van der Waals surface area contributed by atoms with Gasteiger partial charge in [-0.3, -0.25) is 0 Å². The lowest BCUT2D eigenvalue weighted by Crippen LogP contribution is -2.20. The maximum Gasteiger partial charge on any atom is 0.174 e. The Bertz CT molecular complexity index is 437. The standard InChI is InChI=1S/C15H28NOPSi/c1-7-13-18(14(2)3,16-19(4,5)6)17-15-11-9-8-10-12-15/h8-12,14H,7,13H2,1-6H3. The van der Waals surface area contributed by atoms with Crippen LogP contribution in [0.2, 0.25) is 19.6 Å². The molecule has 0 aromatic heterocycles. The molecule has 19 heavy (non-hydrogen) atoms. The molecule has 1 atom stereocenters. The van der Waals surface area contributed by atoms with Gasteiger partial charge in [-0.15, -0.1) is 0 Å². The Balaban J connectivity index is 3.21. The monoisotopic (exact) mass is 297 g/mol. The number of para-hydroxylation sites is 1. The van der Waals surface area contributed by atoms with E-state index in [1.165, 1.54) is 0 Å². The summed E-state index contributed by atoms with van der Waals surface area (Å²) in [4.78, 5) is 0. The third-order valence-electron chi connectivity index (χ3n) is 2.83. The van der Waals surface area contributed by atoms with Crippen LogP contribution in [0, 0.1) is 0 Å². The molecule has 0 saturated carbocycles. The van der Waals surface area contributed by atoms with Gasteiger partial charge in [-0.05, 0) is 38.2 Å². The van der Waals surface area contributed by atoms with Crippen molar-refractivity contribution in [3.8, 4) is 5.75 Å². The third kappa shape index (κ3) is 5.16. The zero-order valence-corrected chi connectivity index (χ0v) is 15.1. The Labute approximate surface area is 119 Å². The maximum atomic E-state index is 6.46. The highest BCUT2D eigenvalue weighted by Crippen LogP contribution is 2.56. The molecule has 0 N–H and O–H groups in total. The van der Waals surface area contributed by atoms with Crippen molar-refractivity contribution in [2.24, 2.45) is 4.41 Å². The average Bonchev–Trinajstić information content (AvgIpc) is 2.28. The summed E-state index contributed by atoms with van der Waals surface area (Å²) in [6.07, 6.45) is 2.22. The van der Waals surface area contributed by atoms with Gasteiger partial charge < -0.3 is 8.93 Å². The van der Waals surface area contributed by atoms with E-state index in [1.54, 1.807) is 0 Å². The van der Waals surface area contributed by atoms with Crippen molar-refractivity contribution in [1.29, 1.82) is 0 Å². The van der Waals surface area contributed by atoms with Gasteiger partial charge >= 0.3 is 0 Å². The van der Waals surface area contributed by atoms with Crippen LogP contribution in [0.15, 0.2) is 34.7 Å². The topological polar surface area (TPSA) is 21.6 Å². The molecule has 0 spiro atoms. The molecule has 0 saturated heterocycles. The van der Waals surface area contributed by atoms with Crippen LogP contribution in [0.3, 0.4) is 0 Å². The van der Waals surface area contributed by atoms with Gasteiger partial charge in [0.15, 0.2) is 8.24 Å². The Kier molecular flexibility index (Phi) is 5.88. The minimum Gasteiger partial charge on any atom is -0.461 e. The molecule has 0 bridgehead atoms. The van der Waals surface area contributed by atoms with Crippen LogP contribution >= 0.6 is 7.28 Å². The zero-order chi connectivity index (χ0) is 14.5. The van der Waals surface area contributed by atoms with Crippen LogP contribution < -0.4 is 4.52 Å². The maximum absolute atomic E-state index is 6.46. The third-order valence-corrected chi connectivity index (χ3v) is 9.81. The first-order valence-corrected chi connectivity index (χ1v) is 12.5. The second kappa shape index (κ2) is 6.76. The Hall–Kier alpha value is -0.533. The van der Waals surface area contributed by atoms with Crippen LogP contribution in [0.1, 0.15) is 27.2 Å². The fourth-order valence-corrected chi connectivity index (χ4v) is 9.58. The molecule has 1 aromatic carbocycles. The van der Waals surface area contributed by atoms with Gasteiger partial charge in [-0.25, -0.2) is 0 Å². The van der Waals surface area contributed by atoms with Crippen molar-refractivity contribution in [1.82, 2.24) is 0 Å². The summed E-state index contributed by atoms with van der Waals surface area (Å²) in [5.41, 5.74) is 0.486. The predicted octanol–water partition coefficient (Wildman–Crippen LogP) is 5.83. The molecule has 0 heterocycles. The quantitative estimate of drug-likeness (QED) is 0.478. The van der Waals surface area contributed by atoms with E-state index in [-0.39, 0.29) is 0 Å². The summed E-state index contributed by atoms with van der Waals surface area (Å²) < 4.78 is 11.7. The molecule has 0 aliphatic heterocycles. The molecule has 0 fully saturated rings. The van der Waals surface area contributed by atoms with E-state index in [9.17, 15) is 0 Å². The summed E-state index contributed by atoms with van der Waals surface area (Å²) in [6.45, 7) is 13.6. The van der Waals surface area contributed by atoms with E-state index in [0.717, 1.165) is 18.3 Å². The summed E-state index contributed by atoms with van der Waals surface area (Å²) in [6, 6.07) is 10.2. The normalized spacial score (nSPS) is 15.1. The first-order chi connectivity index (χ1) is 8.79. The van der Waals surface area contributed by atoms with Crippen molar-refractivity contribution < 1.29 is 4.52 Å². The van der Waals surface area contributed by atoms with Gasteiger partial charge in [-0.1, -0.05) is 39.0 Å². The highest BCUT2D eigenvalue weighted by molar-refractivity contribution is 7.63. The van der Waals surface area contributed by atoms with Gasteiger partial charge in [0.25, 0.3) is 0 Å².